The molecule has 0 bridgehead atoms. The monoisotopic (exact) mass is 299 g/mol. The first-order valence-electron chi connectivity index (χ1n) is 6.76. The van der Waals surface area contributed by atoms with Crippen LogP contribution in [0.25, 0.3) is 5.78 Å². The predicted octanol–water partition coefficient (Wildman–Crippen LogP) is 1.81. The Bertz CT molecular complexity index is 841. The van der Waals surface area contributed by atoms with Crippen LogP contribution < -0.4 is 5.32 Å². The summed E-state index contributed by atoms with van der Waals surface area (Å²) in [5, 5.41) is 10.8. The highest BCUT2D eigenvalue weighted by molar-refractivity contribution is 5.94. The first kappa shape index (κ1) is 14.1. The number of amides is 1. The molecule has 0 aliphatic rings. The van der Waals surface area contributed by atoms with Gasteiger partial charge in [0, 0.05) is 17.0 Å². The topological polar surface area (TPSA) is 72.2 Å². The summed E-state index contributed by atoms with van der Waals surface area (Å²) in [5.74, 6) is 0.422. The zero-order chi connectivity index (χ0) is 15.7. The van der Waals surface area contributed by atoms with Gasteiger partial charge in [-0.2, -0.15) is 0 Å². The number of fused-ring (bicyclic) bond motifs is 1. The van der Waals surface area contributed by atoms with Crippen LogP contribution in [0.4, 0.5) is 4.39 Å². The van der Waals surface area contributed by atoms with Gasteiger partial charge in [-0.05, 0) is 44.2 Å². The Kier molecular flexibility index (Phi) is 3.54. The van der Waals surface area contributed by atoms with Crippen molar-refractivity contribution in [1.29, 1.82) is 0 Å². The molecule has 6 nitrogen and oxygen atoms in total. The van der Waals surface area contributed by atoms with Crippen molar-refractivity contribution in [3.63, 3.8) is 0 Å². The van der Waals surface area contributed by atoms with Gasteiger partial charge >= 0.3 is 0 Å². The van der Waals surface area contributed by atoms with Gasteiger partial charge in [0.2, 0.25) is 0 Å². The summed E-state index contributed by atoms with van der Waals surface area (Å²) in [6, 6.07) is 7.28. The van der Waals surface area contributed by atoms with E-state index in [0.29, 0.717) is 17.2 Å². The van der Waals surface area contributed by atoms with Crippen molar-refractivity contribution in [2.45, 2.75) is 20.4 Å². The SMILES string of the molecule is Cc1cc(C)n2c(CNC(=O)c3ccc(F)cc3)nnc2n1. The molecule has 3 rings (SSSR count). The second-order valence-electron chi connectivity index (χ2n) is 4.98. The Morgan fingerprint density at radius 2 is 1.95 bits per heavy atom. The van der Waals surface area contributed by atoms with E-state index in [2.05, 4.69) is 20.5 Å². The van der Waals surface area contributed by atoms with Gasteiger partial charge in [-0.25, -0.2) is 9.37 Å². The van der Waals surface area contributed by atoms with E-state index in [4.69, 9.17) is 0 Å². The van der Waals surface area contributed by atoms with Gasteiger partial charge in [-0.3, -0.25) is 9.20 Å². The summed E-state index contributed by atoms with van der Waals surface area (Å²) >= 11 is 0. The second-order valence-corrected chi connectivity index (χ2v) is 4.98. The van der Waals surface area contributed by atoms with Gasteiger partial charge in [-0.15, -0.1) is 10.2 Å². The maximum atomic E-state index is 12.9. The molecule has 0 spiro atoms. The van der Waals surface area contributed by atoms with Crippen molar-refractivity contribution >= 4 is 11.7 Å². The number of halogens is 1. The number of hydrogen-bond donors (Lipinski definition) is 1. The quantitative estimate of drug-likeness (QED) is 0.800. The predicted molar refractivity (Wildman–Crippen MR) is 77.8 cm³/mol. The van der Waals surface area contributed by atoms with Gasteiger partial charge in [0.05, 0.1) is 6.54 Å². The fourth-order valence-electron chi connectivity index (χ4n) is 2.27. The smallest absolute Gasteiger partial charge is 0.255 e. The molecular weight excluding hydrogens is 285 g/mol. The van der Waals surface area contributed by atoms with E-state index in [1.807, 2.05) is 19.9 Å². The van der Waals surface area contributed by atoms with Crippen molar-refractivity contribution < 1.29 is 9.18 Å². The standard InChI is InChI=1S/C15H14FN5O/c1-9-7-10(2)21-13(19-20-15(21)18-9)8-17-14(22)11-3-5-12(16)6-4-11/h3-7H,8H2,1-2H3,(H,17,22). The van der Waals surface area contributed by atoms with Crippen molar-refractivity contribution in [1.82, 2.24) is 24.9 Å². The lowest BCUT2D eigenvalue weighted by Gasteiger charge is -2.06. The van der Waals surface area contributed by atoms with Crippen molar-refractivity contribution in [3.05, 3.63) is 58.9 Å². The molecule has 0 saturated carbocycles. The second kappa shape index (κ2) is 5.51. The third kappa shape index (κ3) is 2.65. The molecule has 3 aromatic rings. The zero-order valence-electron chi connectivity index (χ0n) is 12.2. The molecule has 1 amide bonds. The normalized spacial score (nSPS) is 10.9. The molecule has 2 aromatic heterocycles. The highest BCUT2D eigenvalue weighted by Gasteiger charge is 2.11. The molecular formula is C15H14FN5O. The first-order chi connectivity index (χ1) is 10.5. The number of hydrogen-bond acceptors (Lipinski definition) is 4. The molecule has 112 valence electrons. The highest BCUT2D eigenvalue weighted by Crippen LogP contribution is 2.08. The molecule has 22 heavy (non-hydrogen) atoms. The third-order valence-corrected chi connectivity index (χ3v) is 3.27. The lowest BCUT2D eigenvalue weighted by molar-refractivity contribution is 0.0949. The number of nitrogens with one attached hydrogen (secondary N) is 1. The molecule has 0 aliphatic heterocycles. The number of rotatable bonds is 3. The molecule has 7 heteroatoms. The van der Waals surface area contributed by atoms with Crippen LogP contribution in [-0.4, -0.2) is 25.5 Å². The van der Waals surface area contributed by atoms with E-state index in [-0.39, 0.29) is 18.3 Å². The molecule has 0 saturated heterocycles. The zero-order valence-corrected chi connectivity index (χ0v) is 12.2. The fourth-order valence-corrected chi connectivity index (χ4v) is 2.27. The molecule has 0 unspecified atom stereocenters. The third-order valence-electron chi connectivity index (χ3n) is 3.27. The Morgan fingerprint density at radius 1 is 1.23 bits per heavy atom. The maximum Gasteiger partial charge on any atom is 0.255 e. The van der Waals surface area contributed by atoms with Crippen LogP contribution in [0.15, 0.2) is 30.3 Å². The number of nitrogens with zero attached hydrogens (tertiary/aromatic N) is 4. The Morgan fingerprint density at radius 3 is 2.68 bits per heavy atom. The summed E-state index contributed by atoms with van der Waals surface area (Å²) in [6.45, 7) is 4.02. The summed E-state index contributed by atoms with van der Waals surface area (Å²) in [4.78, 5) is 16.3. The summed E-state index contributed by atoms with van der Waals surface area (Å²) in [7, 11) is 0. The van der Waals surface area contributed by atoms with Crippen LogP contribution in [0.1, 0.15) is 27.6 Å². The van der Waals surface area contributed by atoms with Gasteiger partial charge in [0.15, 0.2) is 5.82 Å². The Hall–Kier alpha value is -2.83. The average Bonchev–Trinajstić information content (AvgIpc) is 2.88. The van der Waals surface area contributed by atoms with Crippen LogP contribution in [-0.2, 0) is 6.54 Å². The Balaban J connectivity index is 1.79. The first-order valence-corrected chi connectivity index (χ1v) is 6.76. The lowest BCUT2D eigenvalue weighted by Crippen LogP contribution is -2.24. The van der Waals surface area contributed by atoms with E-state index < -0.39 is 0 Å². The highest BCUT2D eigenvalue weighted by atomic mass is 19.1. The Labute approximate surface area is 126 Å². The largest absolute Gasteiger partial charge is 0.345 e. The van der Waals surface area contributed by atoms with E-state index in [1.165, 1.54) is 24.3 Å². The van der Waals surface area contributed by atoms with E-state index in [1.54, 1.807) is 4.40 Å². The van der Waals surface area contributed by atoms with Gasteiger partial charge < -0.3 is 5.32 Å². The van der Waals surface area contributed by atoms with E-state index in [9.17, 15) is 9.18 Å². The van der Waals surface area contributed by atoms with Crippen molar-refractivity contribution in [2.24, 2.45) is 0 Å². The van der Waals surface area contributed by atoms with E-state index in [0.717, 1.165) is 11.4 Å². The fraction of sp³-hybridized carbons (Fsp3) is 0.200. The lowest BCUT2D eigenvalue weighted by atomic mass is 10.2. The summed E-state index contributed by atoms with van der Waals surface area (Å²) in [6.07, 6.45) is 0. The number of aryl methyl sites for hydroxylation is 2. The minimum atomic E-state index is -0.378. The average molecular weight is 299 g/mol. The number of carbonyl (C=O) groups is 1. The van der Waals surface area contributed by atoms with Crippen LogP contribution in [0.2, 0.25) is 0 Å². The van der Waals surface area contributed by atoms with Crippen LogP contribution in [0.3, 0.4) is 0 Å². The number of benzene rings is 1. The minimum Gasteiger partial charge on any atom is -0.345 e. The molecule has 0 radical (unpaired) electrons. The van der Waals surface area contributed by atoms with Gasteiger partial charge in [-0.1, -0.05) is 0 Å². The van der Waals surface area contributed by atoms with E-state index >= 15 is 0 Å². The van der Waals surface area contributed by atoms with Gasteiger partial charge in [0.1, 0.15) is 5.82 Å². The summed E-state index contributed by atoms with van der Waals surface area (Å²) in [5.41, 5.74) is 2.19. The minimum absolute atomic E-state index is 0.211. The van der Waals surface area contributed by atoms with Crippen LogP contribution >= 0.6 is 0 Å². The molecule has 1 aromatic carbocycles. The molecule has 1 N–H and O–H groups in total. The summed E-state index contributed by atoms with van der Waals surface area (Å²) < 4.78 is 14.6. The number of aromatic nitrogens is 4. The van der Waals surface area contributed by atoms with Crippen LogP contribution in [0, 0.1) is 19.7 Å². The number of carbonyl (C=O) groups excluding carboxylic acids is 1. The molecule has 2 heterocycles. The van der Waals surface area contributed by atoms with Crippen molar-refractivity contribution in [2.75, 3.05) is 0 Å². The van der Waals surface area contributed by atoms with Gasteiger partial charge in [0.25, 0.3) is 11.7 Å². The molecule has 0 aliphatic carbocycles. The maximum absolute atomic E-state index is 12.9. The molecule has 0 fully saturated rings. The van der Waals surface area contributed by atoms with Crippen molar-refractivity contribution in [3.8, 4) is 0 Å². The molecule has 0 atom stereocenters. The van der Waals surface area contributed by atoms with Crippen LogP contribution in [0.5, 0.6) is 0 Å².